The number of amides is 1. The van der Waals surface area contributed by atoms with Crippen LogP contribution in [0.1, 0.15) is 24.3 Å². The highest BCUT2D eigenvalue weighted by atomic mass is 32.1. The Hall–Kier alpha value is -2.61. The molecule has 2 aromatic heterocycles. The van der Waals surface area contributed by atoms with E-state index in [9.17, 15) is 4.79 Å². The van der Waals surface area contributed by atoms with Crippen molar-refractivity contribution in [3.05, 3.63) is 34.9 Å². The van der Waals surface area contributed by atoms with Gasteiger partial charge in [-0.1, -0.05) is 11.3 Å². The number of carbonyl (C=O) groups is 1. The highest BCUT2D eigenvalue weighted by molar-refractivity contribution is 7.16. The molecule has 124 valence electrons. The van der Waals surface area contributed by atoms with Crippen molar-refractivity contribution < 1.29 is 14.3 Å². The SMILES string of the molecule is CCn1ccc(C(=O)N=c2sc3cc4c(cc3n2CC)OCO4)n1. The summed E-state index contributed by atoms with van der Waals surface area (Å²) in [5.74, 6) is 1.12. The molecule has 0 bridgehead atoms. The molecule has 0 aliphatic carbocycles. The molecule has 8 heteroatoms. The molecule has 0 saturated carbocycles. The first kappa shape index (κ1) is 14.9. The topological polar surface area (TPSA) is 70.6 Å². The predicted octanol–water partition coefficient (Wildman–Crippen LogP) is 2.41. The third kappa shape index (κ3) is 2.39. The summed E-state index contributed by atoms with van der Waals surface area (Å²) in [6.45, 7) is 5.66. The number of benzene rings is 1. The average Bonchev–Trinajstić information content (AvgIpc) is 3.29. The van der Waals surface area contributed by atoms with E-state index in [2.05, 4.69) is 10.1 Å². The van der Waals surface area contributed by atoms with Crippen molar-refractivity contribution in [1.29, 1.82) is 0 Å². The quantitative estimate of drug-likeness (QED) is 0.731. The van der Waals surface area contributed by atoms with Crippen molar-refractivity contribution in [2.45, 2.75) is 26.9 Å². The number of aromatic nitrogens is 3. The molecule has 1 amide bonds. The van der Waals surface area contributed by atoms with Crippen LogP contribution in [-0.4, -0.2) is 27.0 Å². The Labute approximate surface area is 141 Å². The molecule has 0 radical (unpaired) electrons. The normalized spacial score (nSPS) is 13.8. The van der Waals surface area contributed by atoms with Gasteiger partial charge in [-0.3, -0.25) is 9.48 Å². The standard InChI is InChI=1S/C16H16N4O3S/c1-3-19-6-5-10(18-19)15(21)17-16-20(4-2)11-7-12-13(23-9-22-12)8-14(11)24-16/h5-8H,3-4,9H2,1-2H3. The van der Waals surface area contributed by atoms with E-state index in [0.29, 0.717) is 17.0 Å². The number of fused-ring (bicyclic) bond motifs is 2. The number of aryl methyl sites for hydroxylation is 2. The van der Waals surface area contributed by atoms with E-state index in [1.165, 1.54) is 11.3 Å². The summed E-state index contributed by atoms with van der Waals surface area (Å²) in [6, 6.07) is 5.56. The van der Waals surface area contributed by atoms with Gasteiger partial charge in [0, 0.05) is 31.4 Å². The second-order valence-corrected chi connectivity index (χ2v) is 6.28. The van der Waals surface area contributed by atoms with Crippen molar-refractivity contribution in [3.8, 4) is 11.5 Å². The molecule has 0 atom stereocenters. The molecule has 4 rings (SSSR count). The zero-order chi connectivity index (χ0) is 16.7. The fraction of sp³-hybridized carbons (Fsp3) is 0.312. The minimum Gasteiger partial charge on any atom is -0.454 e. The van der Waals surface area contributed by atoms with Crippen LogP contribution in [0, 0.1) is 0 Å². The van der Waals surface area contributed by atoms with Crippen molar-refractivity contribution in [1.82, 2.24) is 14.3 Å². The van der Waals surface area contributed by atoms with Crippen molar-refractivity contribution in [2.24, 2.45) is 4.99 Å². The number of carbonyl (C=O) groups excluding carboxylic acids is 1. The van der Waals surface area contributed by atoms with Gasteiger partial charge in [-0.15, -0.1) is 0 Å². The summed E-state index contributed by atoms with van der Waals surface area (Å²) in [5.41, 5.74) is 1.34. The van der Waals surface area contributed by atoms with Crippen LogP contribution in [0.4, 0.5) is 0 Å². The van der Waals surface area contributed by atoms with E-state index >= 15 is 0 Å². The van der Waals surface area contributed by atoms with Gasteiger partial charge >= 0.3 is 0 Å². The third-order valence-electron chi connectivity index (χ3n) is 3.87. The molecular weight excluding hydrogens is 328 g/mol. The summed E-state index contributed by atoms with van der Waals surface area (Å²) in [6.07, 6.45) is 1.78. The van der Waals surface area contributed by atoms with Gasteiger partial charge in [-0.25, -0.2) is 0 Å². The smallest absolute Gasteiger partial charge is 0.300 e. The minimum atomic E-state index is -0.337. The summed E-state index contributed by atoms with van der Waals surface area (Å²) in [7, 11) is 0. The lowest BCUT2D eigenvalue weighted by Crippen LogP contribution is -2.16. The molecule has 1 aromatic carbocycles. The van der Waals surface area contributed by atoms with Crippen LogP contribution in [-0.2, 0) is 13.1 Å². The number of thiazole rings is 1. The van der Waals surface area contributed by atoms with Crippen LogP contribution in [0.15, 0.2) is 29.4 Å². The Bertz CT molecular complexity index is 999. The Morgan fingerprint density at radius 3 is 2.79 bits per heavy atom. The number of hydrogen-bond donors (Lipinski definition) is 0. The van der Waals surface area contributed by atoms with Gasteiger partial charge in [0.2, 0.25) is 6.79 Å². The minimum absolute atomic E-state index is 0.245. The first-order chi connectivity index (χ1) is 11.7. The Morgan fingerprint density at radius 2 is 2.08 bits per heavy atom. The second-order valence-electron chi connectivity index (χ2n) is 5.28. The number of ether oxygens (including phenoxy) is 2. The number of hydrogen-bond acceptors (Lipinski definition) is 5. The molecule has 0 unspecified atom stereocenters. The average molecular weight is 344 g/mol. The molecular formula is C16H16N4O3S. The largest absolute Gasteiger partial charge is 0.454 e. The Kier molecular flexibility index (Phi) is 3.61. The zero-order valence-electron chi connectivity index (χ0n) is 13.4. The number of rotatable bonds is 3. The third-order valence-corrected chi connectivity index (χ3v) is 4.92. The van der Waals surface area contributed by atoms with Gasteiger partial charge < -0.3 is 14.0 Å². The molecule has 0 N–H and O–H groups in total. The summed E-state index contributed by atoms with van der Waals surface area (Å²) in [4.78, 5) is 17.3. The highest BCUT2D eigenvalue weighted by Gasteiger charge is 2.18. The van der Waals surface area contributed by atoms with Crippen LogP contribution in [0.3, 0.4) is 0 Å². The van der Waals surface area contributed by atoms with Crippen LogP contribution in [0.2, 0.25) is 0 Å². The summed E-state index contributed by atoms with van der Waals surface area (Å²) in [5, 5.41) is 4.21. The van der Waals surface area contributed by atoms with Crippen molar-refractivity contribution in [2.75, 3.05) is 6.79 Å². The van der Waals surface area contributed by atoms with Gasteiger partial charge in [0.1, 0.15) is 0 Å². The Morgan fingerprint density at radius 1 is 1.29 bits per heavy atom. The van der Waals surface area contributed by atoms with Gasteiger partial charge in [0.05, 0.1) is 10.2 Å². The van der Waals surface area contributed by atoms with E-state index in [1.54, 1.807) is 16.9 Å². The second kappa shape index (κ2) is 5.79. The Balaban J connectivity index is 1.82. The fourth-order valence-corrected chi connectivity index (χ4v) is 3.75. The predicted molar refractivity (Wildman–Crippen MR) is 89.4 cm³/mol. The zero-order valence-corrected chi connectivity index (χ0v) is 14.2. The molecule has 7 nitrogen and oxygen atoms in total. The van der Waals surface area contributed by atoms with Crippen molar-refractivity contribution >= 4 is 27.5 Å². The van der Waals surface area contributed by atoms with Crippen molar-refractivity contribution in [3.63, 3.8) is 0 Å². The monoisotopic (exact) mass is 344 g/mol. The fourth-order valence-electron chi connectivity index (χ4n) is 2.65. The summed E-state index contributed by atoms with van der Waals surface area (Å²) < 4.78 is 15.6. The highest BCUT2D eigenvalue weighted by Crippen LogP contribution is 2.36. The van der Waals surface area contributed by atoms with Crippen LogP contribution in [0.25, 0.3) is 10.2 Å². The molecule has 24 heavy (non-hydrogen) atoms. The maximum atomic E-state index is 12.4. The van der Waals surface area contributed by atoms with Crippen LogP contribution in [0.5, 0.6) is 11.5 Å². The molecule has 0 spiro atoms. The maximum absolute atomic E-state index is 12.4. The lowest BCUT2D eigenvalue weighted by molar-refractivity contribution is 0.0992. The van der Waals surface area contributed by atoms with E-state index in [1.807, 2.05) is 30.5 Å². The van der Waals surface area contributed by atoms with Gasteiger partial charge in [-0.05, 0) is 19.9 Å². The number of nitrogens with zero attached hydrogens (tertiary/aromatic N) is 4. The van der Waals surface area contributed by atoms with Crippen LogP contribution < -0.4 is 14.3 Å². The van der Waals surface area contributed by atoms with E-state index in [-0.39, 0.29) is 12.7 Å². The molecule has 0 fully saturated rings. The van der Waals surface area contributed by atoms with Gasteiger partial charge in [0.25, 0.3) is 5.91 Å². The molecule has 1 aliphatic heterocycles. The lowest BCUT2D eigenvalue weighted by atomic mass is 10.3. The first-order valence-corrected chi connectivity index (χ1v) is 8.56. The van der Waals surface area contributed by atoms with Gasteiger partial charge in [0.15, 0.2) is 22.0 Å². The molecule has 3 heterocycles. The van der Waals surface area contributed by atoms with E-state index < -0.39 is 0 Å². The molecule has 3 aromatic rings. The lowest BCUT2D eigenvalue weighted by Gasteiger charge is -2.01. The molecule has 1 aliphatic rings. The van der Waals surface area contributed by atoms with Gasteiger partial charge in [-0.2, -0.15) is 10.1 Å². The van der Waals surface area contributed by atoms with E-state index in [0.717, 1.165) is 28.3 Å². The van der Waals surface area contributed by atoms with E-state index in [4.69, 9.17) is 9.47 Å². The maximum Gasteiger partial charge on any atom is 0.300 e. The molecule has 0 saturated heterocycles. The first-order valence-electron chi connectivity index (χ1n) is 7.75. The summed E-state index contributed by atoms with van der Waals surface area (Å²) >= 11 is 1.46. The van der Waals surface area contributed by atoms with Crippen LogP contribution >= 0.6 is 11.3 Å².